The first-order valence-corrected chi connectivity index (χ1v) is 9.78. The second-order valence-electron chi connectivity index (χ2n) is 7.30. The predicted octanol–water partition coefficient (Wildman–Crippen LogP) is 1.62. The van der Waals surface area contributed by atoms with Gasteiger partial charge in [-0.3, -0.25) is 9.59 Å². The minimum absolute atomic E-state index is 0.0176. The van der Waals surface area contributed by atoms with Crippen molar-refractivity contribution in [3.05, 3.63) is 53.8 Å². The highest BCUT2D eigenvalue weighted by atomic mass is 16.6. The Balaban J connectivity index is 1.23. The number of aryl methyl sites for hydroxylation is 1. The van der Waals surface area contributed by atoms with Gasteiger partial charge in [-0.2, -0.15) is 0 Å². The van der Waals surface area contributed by atoms with E-state index in [1.807, 2.05) is 13.0 Å². The van der Waals surface area contributed by atoms with Gasteiger partial charge in [-0.25, -0.2) is 15.0 Å². The minimum atomic E-state index is -0.108. The zero-order valence-electron chi connectivity index (χ0n) is 16.6. The van der Waals surface area contributed by atoms with E-state index in [0.29, 0.717) is 44.0 Å². The van der Waals surface area contributed by atoms with Crippen LogP contribution in [-0.4, -0.2) is 56.6 Å². The van der Waals surface area contributed by atoms with Crippen LogP contribution in [0.15, 0.2) is 42.0 Å². The Labute approximate surface area is 173 Å². The summed E-state index contributed by atoms with van der Waals surface area (Å²) in [5.41, 5.74) is 2.59. The molecule has 0 saturated carbocycles. The summed E-state index contributed by atoms with van der Waals surface area (Å²) in [6.07, 6.45) is 9.82. The maximum Gasteiger partial charge on any atom is 0.246 e. The van der Waals surface area contributed by atoms with Crippen LogP contribution in [0.3, 0.4) is 0 Å². The Bertz CT molecular complexity index is 999. The number of nitrogens with one attached hydrogen (secondary N) is 1. The zero-order chi connectivity index (χ0) is 20.9. The third-order valence-electron chi connectivity index (χ3n) is 4.84. The van der Waals surface area contributed by atoms with E-state index in [-0.39, 0.29) is 17.9 Å². The summed E-state index contributed by atoms with van der Waals surface area (Å²) < 4.78 is 0. The first-order chi connectivity index (χ1) is 14.6. The van der Waals surface area contributed by atoms with Crippen LogP contribution in [0, 0.1) is 0 Å². The van der Waals surface area contributed by atoms with Gasteiger partial charge < -0.3 is 15.1 Å². The van der Waals surface area contributed by atoms with Gasteiger partial charge in [0, 0.05) is 37.5 Å². The van der Waals surface area contributed by atoms with Gasteiger partial charge in [0.25, 0.3) is 0 Å². The molecule has 9 heteroatoms. The molecule has 154 valence electrons. The molecule has 1 fully saturated rings. The number of hydrogen-bond acceptors (Lipinski definition) is 7. The van der Waals surface area contributed by atoms with Gasteiger partial charge >= 0.3 is 0 Å². The monoisotopic (exact) mass is 406 g/mol. The first-order valence-electron chi connectivity index (χ1n) is 9.78. The number of fused-ring (bicyclic) bond motifs is 1. The van der Waals surface area contributed by atoms with Crippen molar-refractivity contribution >= 4 is 29.4 Å². The van der Waals surface area contributed by atoms with E-state index in [1.165, 1.54) is 6.08 Å². The van der Waals surface area contributed by atoms with E-state index >= 15 is 0 Å². The smallest absolute Gasteiger partial charge is 0.246 e. The molecule has 4 rings (SSSR count). The lowest BCUT2D eigenvalue weighted by Gasteiger charge is -2.36. The summed E-state index contributed by atoms with van der Waals surface area (Å²) in [5.74, 6) is 1.19. The largest absolute Gasteiger partial charge is 0.389 e. The Kier molecular flexibility index (Phi) is 5.78. The summed E-state index contributed by atoms with van der Waals surface area (Å²) >= 11 is 0. The van der Waals surface area contributed by atoms with Gasteiger partial charge in [-0.15, -0.1) is 0 Å². The van der Waals surface area contributed by atoms with Crippen molar-refractivity contribution in [2.24, 2.45) is 5.16 Å². The highest BCUT2D eigenvalue weighted by Gasteiger charge is 2.31. The molecular formula is C21H22N6O3. The second-order valence-corrected chi connectivity index (χ2v) is 7.30. The molecule has 2 aromatic heterocycles. The number of carbonyl (C=O) groups excluding carboxylic acids is 2. The quantitative estimate of drug-likeness (QED) is 0.443. The SMILES string of the molecule is C/C(Cc1ncccn1)=N\OC1CN(C(=O)/C=C/c2cnc3c(c2)CCC(=O)N3)C1. The molecule has 2 aliphatic rings. The summed E-state index contributed by atoms with van der Waals surface area (Å²) in [6, 6.07) is 3.71. The molecule has 30 heavy (non-hydrogen) atoms. The molecule has 2 aromatic rings. The minimum Gasteiger partial charge on any atom is -0.389 e. The maximum atomic E-state index is 12.3. The number of oxime groups is 1. The average molecular weight is 406 g/mol. The van der Waals surface area contributed by atoms with Crippen molar-refractivity contribution < 1.29 is 14.4 Å². The highest BCUT2D eigenvalue weighted by molar-refractivity contribution is 5.94. The maximum absolute atomic E-state index is 12.3. The molecule has 0 radical (unpaired) electrons. The average Bonchev–Trinajstić information content (AvgIpc) is 2.71. The van der Waals surface area contributed by atoms with Gasteiger partial charge in [0.05, 0.1) is 18.8 Å². The Hall–Kier alpha value is -3.62. The van der Waals surface area contributed by atoms with Crippen LogP contribution in [0.25, 0.3) is 6.08 Å². The lowest BCUT2D eigenvalue weighted by atomic mass is 10.0. The molecule has 0 atom stereocenters. The standard InChI is InChI=1S/C21H22N6O3/c1-14(9-18-22-7-2-8-23-18)26-30-17-12-27(13-17)20(29)6-3-15-10-16-4-5-19(28)25-21(16)24-11-15/h2-3,6-8,10-11,17H,4-5,9,12-13H2,1H3,(H,24,25,28)/b6-3+,26-14+. The summed E-state index contributed by atoms with van der Waals surface area (Å²) in [7, 11) is 0. The molecule has 1 saturated heterocycles. The number of anilines is 1. The molecule has 9 nitrogen and oxygen atoms in total. The van der Waals surface area contributed by atoms with Crippen molar-refractivity contribution in [3.8, 4) is 0 Å². The molecule has 4 heterocycles. The normalized spacial score (nSPS) is 16.8. The van der Waals surface area contributed by atoms with Crippen molar-refractivity contribution in [3.63, 3.8) is 0 Å². The fraction of sp³-hybridized carbons (Fsp3) is 0.333. The number of likely N-dealkylation sites (tertiary alicyclic amines) is 1. The molecule has 0 unspecified atom stereocenters. The number of rotatable bonds is 6. The Morgan fingerprint density at radius 2 is 2.10 bits per heavy atom. The number of carbonyl (C=O) groups is 2. The van der Waals surface area contributed by atoms with Crippen molar-refractivity contribution in [2.75, 3.05) is 18.4 Å². The van der Waals surface area contributed by atoms with Gasteiger partial charge in [0.2, 0.25) is 11.8 Å². The van der Waals surface area contributed by atoms with Crippen LogP contribution >= 0.6 is 0 Å². The topological polar surface area (TPSA) is 110 Å². The molecular weight excluding hydrogens is 384 g/mol. The van der Waals surface area contributed by atoms with Gasteiger partial charge in [-0.1, -0.05) is 5.16 Å². The van der Waals surface area contributed by atoms with Crippen LogP contribution in [-0.2, 0) is 27.3 Å². The predicted molar refractivity (Wildman–Crippen MR) is 111 cm³/mol. The van der Waals surface area contributed by atoms with E-state index in [9.17, 15) is 9.59 Å². The molecule has 2 aliphatic heterocycles. The molecule has 0 aliphatic carbocycles. The highest BCUT2D eigenvalue weighted by Crippen LogP contribution is 2.21. The van der Waals surface area contributed by atoms with Crippen LogP contribution in [0.5, 0.6) is 0 Å². The molecule has 0 aromatic carbocycles. The summed E-state index contributed by atoms with van der Waals surface area (Å²) in [4.78, 5) is 43.5. The van der Waals surface area contributed by atoms with E-state index in [0.717, 1.165) is 16.8 Å². The van der Waals surface area contributed by atoms with Gasteiger partial charge in [0.15, 0.2) is 6.10 Å². The van der Waals surface area contributed by atoms with E-state index < -0.39 is 0 Å². The fourth-order valence-corrected chi connectivity index (χ4v) is 3.17. The number of pyridine rings is 1. The number of aromatic nitrogens is 3. The number of nitrogens with zero attached hydrogens (tertiary/aromatic N) is 5. The van der Waals surface area contributed by atoms with Crippen LogP contribution in [0.4, 0.5) is 5.82 Å². The molecule has 0 bridgehead atoms. The second kappa shape index (κ2) is 8.81. The first kappa shape index (κ1) is 19.7. The zero-order valence-corrected chi connectivity index (χ0v) is 16.6. The molecule has 0 spiro atoms. The Morgan fingerprint density at radius 1 is 1.30 bits per heavy atom. The van der Waals surface area contributed by atoms with Crippen molar-refractivity contribution in [2.45, 2.75) is 32.3 Å². The fourth-order valence-electron chi connectivity index (χ4n) is 3.17. The van der Waals surface area contributed by atoms with Crippen LogP contribution < -0.4 is 5.32 Å². The van der Waals surface area contributed by atoms with Gasteiger partial charge in [-0.05, 0) is 42.7 Å². The third-order valence-corrected chi connectivity index (χ3v) is 4.84. The molecule has 2 amide bonds. The van der Waals surface area contributed by atoms with Crippen molar-refractivity contribution in [1.82, 2.24) is 19.9 Å². The van der Waals surface area contributed by atoms with E-state index in [1.54, 1.807) is 35.6 Å². The van der Waals surface area contributed by atoms with Crippen molar-refractivity contribution in [1.29, 1.82) is 0 Å². The number of amides is 2. The molecule has 1 N–H and O–H groups in total. The van der Waals surface area contributed by atoms with Crippen LogP contribution in [0.1, 0.15) is 30.3 Å². The van der Waals surface area contributed by atoms with Gasteiger partial charge in [0.1, 0.15) is 11.6 Å². The Morgan fingerprint density at radius 3 is 2.90 bits per heavy atom. The lowest BCUT2D eigenvalue weighted by molar-refractivity contribution is -0.139. The lowest BCUT2D eigenvalue weighted by Crippen LogP contribution is -2.53. The third kappa shape index (κ3) is 4.86. The van der Waals surface area contributed by atoms with Crippen LogP contribution in [0.2, 0.25) is 0 Å². The summed E-state index contributed by atoms with van der Waals surface area (Å²) in [6.45, 7) is 2.85. The van der Waals surface area contributed by atoms with E-state index in [2.05, 4.69) is 25.4 Å². The summed E-state index contributed by atoms with van der Waals surface area (Å²) in [5, 5.41) is 6.86. The van der Waals surface area contributed by atoms with E-state index in [4.69, 9.17) is 4.84 Å². The number of hydrogen-bond donors (Lipinski definition) is 1.